The van der Waals surface area contributed by atoms with Gasteiger partial charge in [-0.25, -0.2) is 9.78 Å². The van der Waals surface area contributed by atoms with Crippen LogP contribution in [0.5, 0.6) is 5.75 Å². The van der Waals surface area contributed by atoms with Gasteiger partial charge in [-0.2, -0.15) is 5.10 Å². The number of aromatic nitrogens is 1. The number of thiazole rings is 1. The maximum Gasteiger partial charge on any atom is 0.412 e. The molecule has 1 heterocycles. The lowest BCUT2D eigenvalue weighted by Crippen LogP contribution is -2.12. The van der Waals surface area contributed by atoms with Gasteiger partial charge in [0.2, 0.25) is 5.13 Å². The van der Waals surface area contributed by atoms with Crippen molar-refractivity contribution in [1.29, 1.82) is 0 Å². The van der Waals surface area contributed by atoms with Crippen LogP contribution in [0.1, 0.15) is 18.1 Å². The molecule has 29 heavy (non-hydrogen) atoms. The van der Waals surface area contributed by atoms with Gasteiger partial charge in [0.15, 0.2) is 0 Å². The van der Waals surface area contributed by atoms with E-state index in [4.69, 9.17) is 9.47 Å². The summed E-state index contributed by atoms with van der Waals surface area (Å²) in [6.07, 6.45) is 1.17. The Hall–Kier alpha value is -3.39. The number of carbonyl (C=O) groups is 1. The zero-order valence-electron chi connectivity index (χ0n) is 16.4. The van der Waals surface area contributed by atoms with Crippen molar-refractivity contribution >= 4 is 33.8 Å². The van der Waals surface area contributed by atoms with Crippen LogP contribution in [0.25, 0.3) is 11.3 Å². The maximum absolute atomic E-state index is 11.9. The summed E-state index contributed by atoms with van der Waals surface area (Å²) in [5.41, 5.74) is 6.53. The first-order valence-corrected chi connectivity index (χ1v) is 9.85. The Balaban J connectivity index is 1.79. The largest absolute Gasteiger partial charge is 0.497 e. The van der Waals surface area contributed by atoms with Crippen LogP contribution in [0.2, 0.25) is 0 Å². The summed E-state index contributed by atoms with van der Waals surface area (Å²) < 4.78 is 10.1. The van der Waals surface area contributed by atoms with Crippen LogP contribution >= 0.6 is 11.3 Å². The monoisotopic (exact) mass is 410 g/mol. The van der Waals surface area contributed by atoms with E-state index in [-0.39, 0.29) is 0 Å². The third-order valence-electron chi connectivity index (χ3n) is 3.93. The van der Waals surface area contributed by atoms with Gasteiger partial charge in [0.05, 0.1) is 19.9 Å². The molecule has 2 aromatic carbocycles. The van der Waals surface area contributed by atoms with Crippen LogP contribution < -0.4 is 15.5 Å². The molecule has 0 aliphatic heterocycles. The van der Waals surface area contributed by atoms with Crippen molar-refractivity contribution in [2.45, 2.75) is 13.8 Å². The van der Waals surface area contributed by atoms with E-state index in [1.807, 2.05) is 55.5 Å². The molecule has 3 aromatic rings. The van der Waals surface area contributed by atoms with E-state index in [2.05, 4.69) is 20.8 Å². The van der Waals surface area contributed by atoms with Crippen molar-refractivity contribution < 1.29 is 14.3 Å². The van der Waals surface area contributed by atoms with Gasteiger partial charge in [-0.05, 0) is 43.7 Å². The first-order chi connectivity index (χ1) is 14.1. The van der Waals surface area contributed by atoms with Gasteiger partial charge >= 0.3 is 6.09 Å². The lowest BCUT2D eigenvalue weighted by molar-refractivity contribution is 0.168. The van der Waals surface area contributed by atoms with Crippen LogP contribution in [-0.4, -0.2) is 31.0 Å². The predicted molar refractivity (Wildman–Crippen MR) is 117 cm³/mol. The summed E-state index contributed by atoms with van der Waals surface area (Å²) in [5, 5.41) is 8.13. The van der Waals surface area contributed by atoms with Gasteiger partial charge in [0.25, 0.3) is 0 Å². The molecule has 3 rings (SSSR count). The van der Waals surface area contributed by atoms with Crippen molar-refractivity contribution in [3.8, 4) is 17.0 Å². The van der Waals surface area contributed by atoms with E-state index in [1.165, 1.54) is 11.3 Å². The third-order valence-corrected chi connectivity index (χ3v) is 4.81. The summed E-state index contributed by atoms with van der Waals surface area (Å²) in [6, 6.07) is 15.4. The number of carbonyl (C=O) groups excluding carboxylic acids is 1. The van der Waals surface area contributed by atoms with E-state index < -0.39 is 6.09 Å². The normalized spacial score (nSPS) is 10.7. The number of amides is 1. The van der Waals surface area contributed by atoms with Crippen molar-refractivity contribution in [3.63, 3.8) is 0 Å². The fourth-order valence-electron chi connectivity index (χ4n) is 2.47. The molecule has 7 nitrogen and oxygen atoms in total. The number of aryl methyl sites for hydroxylation is 1. The summed E-state index contributed by atoms with van der Waals surface area (Å²) in [6.45, 7) is 4.07. The Morgan fingerprint density at radius 2 is 1.90 bits per heavy atom. The number of rotatable bonds is 7. The molecule has 0 bridgehead atoms. The van der Waals surface area contributed by atoms with Gasteiger partial charge in [-0.1, -0.05) is 41.2 Å². The fraction of sp³-hybridized carbons (Fsp3) is 0.190. The minimum absolute atomic E-state index is 0.293. The molecule has 0 spiro atoms. The molecule has 150 valence electrons. The Labute approximate surface area is 173 Å². The molecular weight excluding hydrogens is 388 g/mol. The van der Waals surface area contributed by atoms with E-state index in [0.717, 1.165) is 22.4 Å². The number of anilines is 2. The highest BCUT2D eigenvalue weighted by Gasteiger charge is 2.16. The molecule has 0 aliphatic rings. The second-order valence-corrected chi connectivity index (χ2v) is 7.05. The van der Waals surface area contributed by atoms with Crippen LogP contribution in [0.3, 0.4) is 0 Å². The number of hydrazone groups is 1. The van der Waals surface area contributed by atoms with Gasteiger partial charge in [0, 0.05) is 5.56 Å². The van der Waals surface area contributed by atoms with Gasteiger partial charge in [-0.15, -0.1) is 0 Å². The second-order valence-electron chi connectivity index (χ2n) is 6.05. The quantitative estimate of drug-likeness (QED) is 0.416. The number of ether oxygens (including phenoxy) is 2. The highest BCUT2D eigenvalue weighted by atomic mass is 32.1. The molecule has 0 saturated heterocycles. The summed E-state index contributed by atoms with van der Waals surface area (Å²) in [7, 11) is 1.63. The van der Waals surface area contributed by atoms with Crippen molar-refractivity contribution in [2.24, 2.45) is 5.10 Å². The molecule has 0 fully saturated rings. The van der Waals surface area contributed by atoms with E-state index >= 15 is 0 Å². The first-order valence-electron chi connectivity index (χ1n) is 9.04. The highest BCUT2D eigenvalue weighted by Crippen LogP contribution is 2.36. The average molecular weight is 410 g/mol. The average Bonchev–Trinajstić information content (AvgIpc) is 3.11. The number of nitrogens with one attached hydrogen (secondary N) is 2. The van der Waals surface area contributed by atoms with Crippen molar-refractivity contribution in [2.75, 3.05) is 24.5 Å². The number of benzene rings is 2. The van der Waals surface area contributed by atoms with Crippen LogP contribution in [0.15, 0.2) is 53.6 Å². The Morgan fingerprint density at radius 3 is 2.55 bits per heavy atom. The number of methoxy groups -OCH3 is 1. The molecule has 1 amide bonds. The molecule has 0 atom stereocenters. The number of hydrogen-bond acceptors (Lipinski definition) is 7. The van der Waals surface area contributed by atoms with Crippen LogP contribution in [0, 0.1) is 6.92 Å². The summed E-state index contributed by atoms with van der Waals surface area (Å²) >= 11 is 1.29. The van der Waals surface area contributed by atoms with E-state index in [1.54, 1.807) is 20.2 Å². The van der Waals surface area contributed by atoms with Gasteiger partial charge in [-0.3, -0.25) is 10.7 Å². The zero-order valence-corrected chi connectivity index (χ0v) is 17.2. The van der Waals surface area contributed by atoms with E-state index in [0.29, 0.717) is 22.4 Å². The number of hydrogen-bond donors (Lipinski definition) is 2. The van der Waals surface area contributed by atoms with Crippen molar-refractivity contribution in [1.82, 2.24) is 4.98 Å². The van der Waals surface area contributed by atoms with Gasteiger partial charge in [0.1, 0.15) is 16.4 Å². The second kappa shape index (κ2) is 9.70. The lowest BCUT2D eigenvalue weighted by atomic mass is 10.1. The zero-order chi connectivity index (χ0) is 20.6. The minimum Gasteiger partial charge on any atom is -0.497 e. The Bertz CT molecular complexity index is 982. The summed E-state index contributed by atoms with van der Waals surface area (Å²) in [4.78, 5) is 16.5. The molecular formula is C21H22N4O3S. The molecule has 2 N–H and O–H groups in total. The third kappa shape index (κ3) is 5.55. The number of nitrogens with zero attached hydrogens (tertiary/aromatic N) is 2. The first kappa shape index (κ1) is 20.3. The molecule has 0 saturated carbocycles. The molecule has 0 unspecified atom stereocenters. The molecule has 8 heteroatoms. The molecule has 1 aromatic heterocycles. The SMILES string of the molecule is CCOC(=O)Nc1sc(N/N=C\c2ccc(OC)cc2)nc1-c1ccc(C)cc1. The molecule has 0 aliphatic carbocycles. The maximum atomic E-state index is 11.9. The smallest absolute Gasteiger partial charge is 0.412 e. The van der Waals surface area contributed by atoms with Crippen molar-refractivity contribution in [3.05, 3.63) is 59.7 Å². The predicted octanol–water partition coefficient (Wildman–Crippen LogP) is 5.14. The molecule has 0 radical (unpaired) electrons. The van der Waals surface area contributed by atoms with E-state index in [9.17, 15) is 4.79 Å². The lowest BCUT2D eigenvalue weighted by Gasteiger charge is -2.05. The topological polar surface area (TPSA) is 84.8 Å². The van der Waals surface area contributed by atoms with Crippen LogP contribution in [0.4, 0.5) is 14.9 Å². The highest BCUT2D eigenvalue weighted by molar-refractivity contribution is 7.20. The standard InChI is InChI=1S/C21H22N4O3S/c1-4-28-21(26)24-19-18(16-9-5-14(2)6-10-16)23-20(29-19)25-22-13-15-7-11-17(27-3)12-8-15/h5-13H,4H2,1-3H3,(H,23,25)(H,24,26)/b22-13-. The minimum atomic E-state index is -0.516. The Morgan fingerprint density at radius 1 is 1.17 bits per heavy atom. The van der Waals surface area contributed by atoms with Crippen LogP contribution in [-0.2, 0) is 4.74 Å². The summed E-state index contributed by atoms with van der Waals surface area (Å²) in [5.74, 6) is 0.785. The Kier molecular flexibility index (Phi) is 6.80. The van der Waals surface area contributed by atoms with Gasteiger partial charge < -0.3 is 9.47 Å². The fourth-order valence-corrected chi connectivity index (χ4v) is 3.29.